The maximum atomic E-state index is 13.1. The van der Waals surface area contributed by atoms with Crippen LogP contribution < -0.4 is 5.32 Å². The average Bonchev–Trinajstić information content (AvgIpc) is 2.79. The van der Waals surface area contributed by atoms with E-state index in [1.54, 1.807) is 4.90 Å². The number of carbonyl (C=O) groups excluding carboxylic acids is 2. The number of rotatable bonds is 7. The lowest BCUT2D eigenvalue weighted by atomic mass is 9.90. The first-order chi connectivity index (χ1) is 15.3. The summed E-state index contributed by atoms with van der Waals surface area (Å²) in [5.41, 5.74) is 0.300. The van der Waals surface area contributed by atoms with Crippen LogP contribution in [0.25, 0.3) is 0 Å². The van der Waals surface area contributed by atoms with Crippen molar-refractivity contribution in [1.82, 2.24) is 10.2 Å². The van der Waals surface area contributed by atoms with E-state index in [9.17, 15) is 22.8 Å². The van der Waals surface area contributed by atoms with E-state index >= 15 is 0 Å². The summed E-state index contributed by atoms with van der Waals surface area (Å²) in [4.78, 5) is 27.5. The third-order valence-corrected chi connectivity index (χ3v) is 5.93. The van der Waals surface area contributed by atoms with Crippen LogP contribution in [-0.2, 0) is 17.4 Å². The third kappa shape index (κ3) is 6.34. The van der Waals surface area contributed by atoms with Crippen LogP contribution in [0.4, 0.5) is 13.2 Å². The quantitative estimate of drug-likeness (QED) is 0.645. The topological polar surface area (TPSA) is 49.4 Å². The second-order valence-electron chi connectivity index (χ2n) is 8.35. The van der Waals surface area contributed by atoms with Crippen LogP contribution in [0, 0.1) is 5.92 Å². The van der Waals surface area contributed by atoms with E-state index in [1.165, 1.54) is 17.7 Å². The normalized spacial score (nSPS) is 15.9. The van der Waals surface area contributed by atoms with Gasteiger partial charge in [0.05, 0.1) is 5.56 Å². The molecule has 1 heterocycles. The fourth-order valence-corrected chi connectivity index (χ4v) is 4.15. The van der Waals surface area contributed by atoms with Gasteiger partial charge in [0.25, 0.3) is 5.91 Å². The number of hydrogen-bond acceptors (Lipinski definition) is 2. The average molecular weight is 447 g/mol. The molecule has 2 aromatic rings. The smallest absolute Gasteiger partial charge is 0.341 e. The molecule has 1 aliphatic rings. The fraction of sp³-hybridized carbons (Fsp3) is 0.440. The zero-order valence-electron chi connectivity index (χ0n) is 18.2. The highest BCUT2D eigenvalue weighted by Gasteiger charge is 2.32. The molecule has 2 aromatic carbocycles. The lowest BCUT2D eigenvalue weighted by molar-refractivity contribution is -0.137. The van der Waals surface area contributed by atoms with Gasteiger partial charge in [-0.15, -0.1) is 0 Å². The summed E-state index contributed by atoms with van der Waals surface area (Å²) in [6.45, 7) is 3.15. The summed E-state index contributed by atoms with van der Waals surface area (Å²) in [7, 11) is 0. The Bertz CT molecular complexity index is 907. The molecule has 1 N–H and O–H groups in total. The number of carbonyl (C=O) groups is 2. The van der Waals surface area contributed by atoms with Crippen molar-refractivity contribution >= 4 is 11.8 Å². The molecule has 1 atom stereocenters. The van der Waals surface area contributed by atoms with Crippen LogP contribution >= 0.6 is 0 Å². The van der Waals surface area contributed by atoms with Gasteiger partial charge in [-0.3, -0.25) is 9.59 Å². The standard InChI is InChI=1S/C25H29F3N2O2/c1-2-7-22(29-23(31)20-10-6-11-21(17-20)25(26,27)28)24(32)30-14-12-19(13-15-30)16-18-8-4-3-5-9-18/h3-6,8-11,17,19,22H,2,7,12-16H2,1H3,(H,29,31). The van der Waals surface area contributed by atoms with E-state index in [-0.39, 0.29) is 11.5 Å². The second-order valence-corrected chi connectivity index (χ2v) is 8.35. The molecule has 172 valence electrons. The van der Waals surface area contributed by atoms with Gasteiger partial charge in [0.1, 0.15) is 6.04 Å². The summed E-state index contributed by atoms with van der Waals surface area (Å²) >= 11 is 0. The maximum Gasteiger partial charge on any atom is 0.416 e. The highest BCUT2D eigenvalue weighted by Crippen LogP contribution is 2.29. The number of halogens is 3. The van der Waals surface area contributed by atoms with Gasteiger partial charge in [-0.05, 0) is 55.4 Å². The monoisotopic (exact) mass is 446 g/mol. The molecule has 1 saturated heterocycles. The zero-order valence-corrected chi connectivity index (χ0v) is 18.2. The van der Waals surface area contributed by atoms with Crippen LogP contribution in [0.5, 0.6) is 0 Å². The molecular weight excluding hydrogens is 417 g/mol. The Labute approximate surface area is 186 Å². The SMILES string of the molecule is CCCC(NC(=O)c1cccc(C(F)(F)F)c1)C(=O)N1CCC(Cc2ccccc2)CC1. The maximum absolute atomic E-state index is 13.1. The highest BCUT2D eigenvalue weighted by molar-refractivity contribution is 5.97. The van der Waals surface area contributed by atoms with Gasteiger partial charge >= 0.3 is 6.18 Å². The first-order valence-electron chi connectivity index (χ1n) is 11.1. The number of alkyl halides is 3. The van der Waals surface area contributed by atoms with Gasteiger partial charge < -0.3 is 10.2 Å². The largest absolute Gasteiger partial charge is 0.416 e. The predicted molar refractivity (Wildman–Crippen MR) is 117 cm³/mol. The number of nitrogens with one attached hydrogen (secondary N) is 1. The molecule has 1 fully saturated rings. The molecule has 3 rings (SSSR count). The summed E-state index contributed by atoms with van der Waals surface area (Å²) in [5, 5.41) is 2.66. The second kappa shape index (κ2) is 10.7. The van der Waals surface area contributed by atoms with E-state index in [1.807, 2.05) is 25.1 Å². The minimum Gasteiger partial charge on any atom is -0.341 e. The highest BCUT2D eigenvalue weighted by atomic mass is 19.4. The molecule has 0 bridgehead atoms. The van der Waals surface area contributed by atoms with E-state index in [0.29, 0.717) is 31.8 Å². The molecule has 0 aromatic heterocycles. The van der Waals surface area contributed by atoms with E-state index < -0.39 is 23.7 Å². The third-order valence-electron chi connectivity index (χ3n) is 5.93. The van der Waals surface area contributed by atoms with Crippen molar-refractivity contribution in [1.29, 1.82) is 0 Å². The van der Waals surface area contributed by atoms with Gasteiger partial charge in [-0.1, -0.05) is 49.7 Å². The van der Waals surface area contributed by atoms with Crippen molar-refractivity contribution in [3.8, 4) is 0 Å². The van der Waals surface area contributed by atoms with Crippen LogP contribution in [0.2, 0.25) is 0 Å². The molecule has 0 aliphatic carbocycles. The van der Waals surface area contributed by atoms with Gasteiger partial charge in [0.2, 0.25) is 5.91 Å². The number of amides is 2. The van der Waals surface area contributed by atoms with Crippen LogP contribution in [-0.4, -0.2) is 35.8 Å². The van der Waals surface area contributed by atoms with Crippen LogP contribution in [0.1, 0.15) is 54.1 Å². The van der Waals surface area contributed by atoms with Crippen LogP contribution in [0.3, 0.4) is 0 Å². The summed E-state index contributed by atoms with van der Waals surface area (Å²) in [6.07, 6.45) is -0.661. The molecule has 0 radical (unpaired) electrons. The van der Waals surface area contributed by atoms with E-state index in [2.05, 4.69) is 17.4 Å². The Morgan fingerprint density at radius 2 is 1.75 bits per heavy atom. The van der Waals surface area contributed by atoms with E-state index in [4.69, 9.17) is 0 Å². The van der Waals surface area contributed by atoms with Crippen molar-refractivity contribution in [2.75, 3.05) is 13.1 Å². The predicted octanol–water partition coefficient (Wildman–Crippen LogP) is 5.09. The summed E-state index contributed by atoms with van der Waals surface area (Å²) in [5.74, 6) is -0.321. The van der Waals surface area contributed by atoms with Crippen molar-refractivity contribution < 1.29 is 22.8 Å². The number of piperidine rings is 1. The van der Waals surface area contributed by atoms with Gasteiger partial charge in [-0.2, -0.15) is 13.2 Å². The van der Waals surface area contributed by atoms with Crippen molar-refractivity contribution in [3.63, 3.8) is 0 Å². The van der Waals surface area contributed by atoms with Crippen LogP contribution in [0.15, 0.2) is 54.6 Å². The molecule has 1 unspecified atom stereocenters. The van der Waals surface area contributed by atoms with Crippen molar-refractivity contribution in [2.45, 2.75) is 51.2 Å². The Kier molecular flexibility index (Phi) is 7.94. The number of hydrogen-bond donors (Lipinski definition) is 1. The lowest BCUT2D eigenvalue weighted by Crippen LogP contribution is -2.50. The van der Waals surface area contributed by atoms with Gasteiger partial charge in [0, 0.05) is 18.7 Å². The minimum atomic E-state index is -4.53. The Morgan fingerprint density at radius 1 is 1.06 bits per heavy atom. The molecule has 32 heavy (non-hydrogen) atoms. The van der Waals surface area contributed by atoms with Gasteiger partial charge in [-0.25, -0.2) is 0 Å². The molecule has 7 heteroatoms. The number of likely N-dealkylation sites (tertiary alicyclic amines) is 1. The molecule has 4 nitrogen and oxygen atoms in total. The Hall–Kier alpha value is -2.83. The number of benzene rings is 2. The number of nitrogens with zero attached hydrogens (tertiary/aromatic N) is 1. The molecule has 1 aliphatic heterocycles. The first-order valence-corrected chi connectivity index (χ1v) is 11.1. The fourth-order valence-electron chi connectivity index (χ4n) is 4.15. The lowest BCUT2D eigenvalue weighted by Gasteiger charge is -2.34. The van der Waals surface area contributed by atoms with Crippen molar-refractivity contribution in [3.05, 3.63) is 71.3 Å². The zero-order chi connectivity index (χ0) is 23.1. The molecular formula is C25H29F3N2O2. The van der Waals surface area contributed by atoms with Gasteiger partial charge in [0.15, 0.2) is 0 Å². The van der Waals surface area contributed by atoms with E-state index in [0.717, 1.165) is 31.4 Å². The summed E-state index contributed by atoms with van der Waals surface area (Å²) < 4.78 is 38.9. The molecule has 2 amide bonds. The Balaban J connectivity index is 1.59. The van der Waals surface area contributed by atoms with Crippen molar-refractivity contribution in [2.24, 2.45) is 5.92 Å². The summed E-state index contributed by atoms with van der Waals surface area (Å²) in [6, 6.07) is 13.8. The first kappa shape index (κ1) is 23.8. The molecule has 0 saturated carbocycles. The Morgan fingerprint density at radius 3 is 2.38 bits per heavy atom. The molecule has 0 spiro atoms. The minimum absolute atomic E-state index is 0.102.